The van der Waals surface area contributed by atoms with E-state index in [4.69, 9.17) is 5.11 Å². The quantitative estimate of drug-likeness (QED) is 0.802. The van der Waals surface area contributed by atoms with Gasteiger partial charge in [-0.3, -0.25) is 4.79 Å². The van der Waals surface area contributed by atoms with E-state index in [1.807, 2.05) is 5.38 Å². The predicted molar refractivity (Wildman–Crippen MR) is 59.6 cm³/mol. The standard InChI is InChI=1S/C8H8N4O2S2/c13-7(14)4-16-8-11-10-5-12(8)3-6-9-1-2-15-6/h1-2,5H,3-4H2,(H,13,14). The molecule has 0 radical (unpaired) electrons. The first-order valence-electron chi connectivity index (χ1n) is 4.36. The van der Waals surface area contributed by atoms with Crippen molar-refractivity contribution in [3.05, 3.63) is 22.9 Å². The molecule has 8 heteroatoms. The zero-order valence-electron chi connectivity index (χ0n) is 8.11. The van der Waals surface area contributed by atoms with E-state index in [1.165, 1.54) is 0 Å². The van der Waals surface area contributed by atoms with Crippen LogP contribution in [0.1, 0.15) is 5.01 Å². The summed E-state index contributed by atoms with van der Waals surface area (Å²) >= 11 is 2.69. The molecule has 0 aromatic carbocycles. The molecule has 16 heavy (non-hydrogen) atoms. The first-order chi connectivity index (χ1) is 7.75. The van der Waals surface area contributed by atoms with Crippen molar-refractivity contribution in [3.63, 3.8) is 0 Å². The first-order valence-corrected chi connectivity index (χ1v) is 6.23. The summed E-state index contributed by atoms with van der Waals surface area (Å²) in [5.74, 6) is -0.884. The van der Waals surface area contributed by atoms with Gasteiger partial charge in [-0.15, -0.1) is 21.5 Å². The summed E-state index contributed by atoms with van der Waals surface area (Å²) in [6, 6.07) is 0. The van der Waals surface area contributed by atoms with Crippen LogP contribution >= 0.6 is 23.1 Å². The maximum Gasteiger partial charge on any atom is 0.313 e. The van der Waals surface area contributed by atoms with Crippen LogP contribution in [0, 0.1) is 0 Å². The van der Waals surface area contributed by atoms with Gasteiger partial charge in [0.2, 0.25) is 0 Å². The van der Waals surface area contributed by atoms with Gasteiger partial charge < -0.3 is 9.67 Å². The molecule has 0 saturated carbocycles. The fraction of sp³-hybridized carbons (Fsp3) is 0.250. The molecule has 2 aromatic heterocycles. The summed E-state index contributed by atoms with van der Waals surface area (Å²) in [6.07, 6.45) is 3.31. The maximum atomic E-state index is 10.4. The van der Waals surface area contributed by atoms with Crippen LogP contribution < -0.4 is 0 Å². The number of nitrogens with zero attached hydrogens (tertiary/aromatic N) is 4. The van der Waals surface area contributed by atoms with E-state index in [-0.39, 0.29) is 5.75 Å². The monoisotopic (exact) mass is 256 g/mol. The molecule has 2 heterocycles. The molecule has 0 bridgehead atoms. The third-order valence-electron chi connectivity index (χ3n) is 1.69. The van der Waals surface area contributed by atoms with Gasteiger partial charge in [-0.1, -0.05) is 11.8 Å². The Bertz CT molecular complexity index is 468. The molecule has 0 fully saturated rings. The summed E-state index contributed by atoms with van der Waals surface area (Å²) in [7, 11) is 0. The Balaban J connectivity index is 2.04. The average molecular weight is 256 g/mol. The second-order valence-electron chi connectivity index (χ2n) is 2.85. The number of hydrogen-bond donors (Lipinski definition) is 1. The molecule has 0 saturated heterocycles. The van der Waals surface area contributed by atoms with Crippen molar-refractivity contribution >= 4 is 29.1 Å². The molecule has 2 rings (SSSR count). The maximum absolute atomic E-state index is 10.4. The SMILES string of the molecule is O=C(O)CSc1nncn1Cc1nccs1. The summed E-state index contributed by atoms with van der Waals surface area (Å²) in [5, 5.41) is 19.6. The lowest BCUT2D eigenvalue weighted by Gasteiger charge is -2.01. The Labute approximate surface area is 99.3 Å². The van der Waals surface area contributed by atoms with E-state index < -0.39 is 5.97 Å². The van der Waals surface area contributed by atoms with Crippen LogP contribution in [0.4, 0.5) is 0 Å². The number of aliphatic carboxylic acids is 1. The molecule has 84 valence electrons. The number of rotatable bonds is 5. The Morgan fingerprint density at radius 3 is 3.19 bits per heavy atom. The van der Waals surface area contributed by atoms with E-state index in [1.54, 1.807) is 28.4 Å². The van der Waals surface area contributed by atoms with Crippen LogP contribution in [-0.4, -0.2) is 36.6 Å². The smallest absolute Gasteiger partial charge is 0.313 e. The number of carbonyl (C=O) groups is 1. The van der Waals surface area contributed by atoms with Gasteiger partial charge in [-0.05, 0) is 0 Å². The van der Waals surface area contributed by atoms with E-state index in [2.05, 4.69) is 15.2 Å². The van der Waals surface area contributed by atoms with Gasteiger partial charge in [-0.25, -0.2) is 4.98 Å². The minimum Gasteiger partial charge on any atom is -0.481 e. The van der Waals surface area contributed by atoms with Crippen molar-refractivity contribution in [3.8, 4) is 0 Å². The Kier molecular flexibility index (Phi) is 3.52. The van der Waals surface area contributed by atoms with Crippen molar-refractivity contribution in [1.82, 2.24) is 19.7 Å². The van der Waals surface area contributed by atoms with Crippen LogP contribution in [0.25, 0.3) is 0 Å². The molecule has 0 aliphatic rings. The fourth-order valence-corrected chi connectivity index (χ4v) is 2.32. The van der Waals surface area contributed by atoms with Crippen LogP contribution in [0.5, 0.6) is 0 Å². The molecule has 0 aliphatic heterocycles. The highest BCUT2D eigenvalue weighted by molar-refractivity contribution is 7.99. The minimum atomic E-state index is -0.867. The van der Waals surface area contributed by atoms with Gasteiger partial charge in [0.25, 0.3) is 0 Å². The van der Waals surface area contributed by atoms with Gasteiger partial charge in [0.15, 0.2) is 5.16 Å². The third-order valence-corrected chi connectivity index (χ3v) is 3.42. The molecule has 0 unspecified atom stereocenters. The zero-order chi connectivity index (χ0) is 11.4. The average Bonchev–Trinajstić information content (AvgIpc) is 2.87. The number of thioether (sulfide) groups is 1. The highest BCUT2D eigenvalue weighted by Gasteiger charge is 2.08. The molecule has 0 amide bonds. The van der Waals surface area contributed by atoms with E-state index >= 15 is 0 Å². The van der Waals surface area contributed by atoms with Crippen LogP contribution in [0.2, 0.25) is 0 Å². The largest absolute Gasteiger partial charge is 0.481 e. The van der Waals surface area contributed by atoms with Crippen molar-refractivity contribution in [1.29, 1.82) is 0 Å². The van der Waals surface area contributed by atoms with Crippen molar-refractivity contribution in [2.24, 2.45) is 0 Å². The van der Waals surface area contributed by atoms with Gasteiger partial charge in [-0.2, -0.15) is 0 Å². The number of aromatic nitrogens is 4. The first kappa shape index (κ1) is 11.1. The predicted octanol–water partition coefficient (Wildman–Crippen LogP) is 0.960. The molecule has 0 atom stereocenters. The number of carboxylic acids is 1. The fourth-order valence-electron chi connectivity index (χ4n) is 1.07. The van der Waals surface area contributed by atoms with Gasteiger partial charge in [0.05, 0.1) is 12.3 Å². The van der Waals surface area contributed by atoms with E-state index in [0.717, 1.165) is 16.8 Å². The zero-order valence-corrected chi connectivity index (χ0v) is 9.74. The molecular formula is C8H8N4O2S2. The number of hydrogen-bond acceptors (Lipinski definition) is 6. The Morgan fingerprint density at radius 2 is 2.50 bits per heavy atom. The summed E-state index contributed by atoms with van der Waals surface area (Å²) < 4.78 is 1.78. The molecule has 2 aromatic rings. The lowest BCUT2D eigenvalue weighted by Crippen LogP contribution is -2.03. The van der Waals surface area contributed by atoms with Gasteiger partial charge >= 0.3 is 5.97 Å². The molecular weight excluding hydrogens is 248 g/mol. The molecule has 6 nitrogen and oxygen atoms in total. The van der Waals surface area contributed by atoms with Crippen LogP contribution in [0.15, 0.2) is 23.1 Å². The Morgan fingerprint density at radius 1 is 1.62 bits per heavy atom. The summed E-state index contributed by atoms with van der Waals surface area (Å²) in [4.78, 5) is 14.6. The van der Waals surface area contributed by atoms with Crippen molar-refractivity contribution in [2.45, 2.75) is 11.7 Å². The minimum absolute atomic E-state index is 0.0173. The Hall–Kier alpha value is -1.41. The second-order valence-corrected chi connectivity index (χ2v) is 4.77. The van der Waals surface area contributed by atoms with Crippen molar-refractivity contribution in [2.75, 3.05) is 5.75 Å². The second kappa shape index (κ2) is 5.08. The van der Waals surface area contributed by atoms with E-state index in [0.29, 0.717) is 11.7 Å². The number of thiazole rings is 1. The normalized spacial score (nSPS) is 10.5. The lowest BCUT2D eigenvalue weighted by molar-refractivity contribution is -0.133. The third kappa shape index (κ3) is 2.80. The summed E-state index contributed by atoms with van der Waals surface area (Å²) in [5.41, 5.74) is 0. The molecule has 0 spiro atoms. The lowest BCUT2D eigenvalue weighted by atomic mass is 10.6. The van der Waals surface area contributed by atoms with Gasteiger partial charge in [0.1, 0.15) is 11.3 Å². The molecule has 0 aliphatic carbocycles. The van der Waals surface area contributed by atoms with Gasteiger partial charge in [0, 0.05) is 11.6 Å². The highest BCUT2D eigenvalue weighted by atomic mass is 32.2. The highest BCUT2D eigenvalue weighted by Crippen LogP contribution is 2.16. The van der Waals surface area contributed by atoms with Crippen LogP contribution in [-0.2, 0) is 11.3 Å². The van der Waals surface area contributed by atoms with Crippen molar-refractivity contribution < 1.29 is 9.90 Å². The van der Waals surface area contributed by atoms with Crippen LogP contribution in [0.3, 0.4) is 0 Å². The number of carboxylic acid groups (broad SMARTS) is 1. The topological polar surface area (TPSA) is 80.9 Å². The summed E-state index contributed by atoms with van der Waals surface area (Å²) in [6.45, 7) is 0.576. The molecule has 1 N–H and O–H groups in total. The van der Waals surface area contributed by atoms with E-state index in [9.17, 15) is 4.79 Å².